The number of hydrogen-bond acceptors (Lipinski definition) is 9. The molecule has 0 fully saturated rings. The van der Waals surface area contributed by atoms with Crippen molar-refractivity contribution in [1.82, 2.24) is 0 Å². The largest absolute Gasteiger partial charge is 0.472 e. The number of aliphatic hydroxyl groups is 2. The second-order valence-corrected chi connectivity index (χ2v) is 17.2. The lowest BCUT2D eigenvalue weighted by Gasteiger charge is -2.20. The molecule has 0 rings (SSSR count). The first-order chi connectivity index (χ1) is 29.7. The molecule has 0 aromatic carbocycles. The molecule has 0 aromatic heterocycles. The fourth-order valence-corrected chi connectivity index (χ4v) is 6.98. The number of carbonyl (C=O) groups is 2. The van der Waals surface area contributed by atoms with Crippen molar-refractivity contribution >= 4 is 19.8 Å². The van der Waals surface area contributed by atoms with Crippen LogP contribution in [0.1, 0.15) is 194 Å². The van der Waals surface area contributed by atoms with Gasteiger partial charge in [-0.25, -0.2) is 4.57 Å². The molecule has 0 spiro atoms. The van der Waals surface area contributed by atoms with Gasteiger partial charge in [-0.3, -0.25) is 18.6 Å². The molecule has 10 nitrogen and oxygen atoms in total. The predicted molar refractivity (Wildman–Crippen MR) is 251 cm³/mol. The molecular formula is C50H87O10P. The van der Waals surface area contributed by atoms with Crippen molar-refractivity contribution in [2.75, 3.05) is 26.4 Å². The van der Waals surface area contributed by atoms with E-state index in [-0.39, 0.29) is 19.4 Å². The number of aliphatic hydroxyl groups excluding tert-OH is 2. The van der Waals surface area contributed by atoms with Crippen LogP contribution in [0, 0.1) is 0 Å². The van der Waals surface area contributed by atoms with Crippen LogP contribution in [0.5, 0.6) is 0 Å². The Hall–Kier alpha value is -2.59. The summed E-state index contributed by atoms with van der Waals surface area (Å²) in [6.45, 7) is 2.21. The number of phosphoric ester groups is 1. The summed E-state index contributed by atoms with van der Waals surface area (Å²) in [6, 6.07) is 0. The van der Waals surface area contributed by atoms with Crippen LogP contribution < -0.4 is 0 Å². The molecule has 3 unspecified atom stereocenters. The lowest BCUT2D eigenvalue weighted by molar-refractivity contribution is -0.161. The number of esters is 2. The zero-order chi connectivity index (χ0) is 44.8. The Kier molecular flexibility index (Phi) is 43.5. The van der Waals surface area contributed by atoms with Gasteiger partial charge in [-0.05, 0) is 83.5 Å². The zero-order valence-electron chi connectivity index (χ0n) is 38.4. The molecule has 0 saturated carbocycles. The molecule has 0 aliphatic heterocycles. The van der Waals surface area contributed by atoms with E-state index in [0.717, 1.165) is 64.2 Å². The third kappa shape index (κ3) is 45.3. The molecule has 0 aliphatic carbocycles. The Balaban J connectivity index is 4.24. The molecule has 3 N–H and O–H groups in total. The fourth-order valence-electron chi connectivity index (χ4n) is 6.19. The second-order valence-electron chi connectivity index (χ2n) is 15.7. The minimum Gasteiger partial charge on any atom is -0.462 e. The predicted octanol–water partition coefficient (Wildman–Crippen LogP) is 13.2. The number of ether oxygens (including phenoxy) is 2. The van der Waals surface area contributed by atoms with Crippen LogP contribution in [-0.4, -0.2) is 65.7 Å². The Bertz CT molecular complexity index is 1240. The second kappa shape index (κ2) is 45.4. The van der Waals surface area contributed by atoms with Gasteiger partial charge in [-0.15, -0.1) is 0 Å². The molecule has 11 heteroatoms. The minimum absolute atomic E-state index is 0.129. The lowest BCUT2D eigenvalue weighted by atomic mass is 10.0. The van der Waals surface area contributed by atoms with E-state index in [1.165, 1.54) is 89.9 Å². The average molecular weight is 879 g/mol. The molecule has 0 aliphatic rings. The standard InChI is InChI=1S/C50H87O10P/c1-3-5-7-9-11-13-15-17-19-20-21-22-23-24-25-26-28-29-31-33-35-37-39-41-49(53)57-45-48(46-59-61(55,56)58-44-47(52)43-51)60-50(54)42-40-38-36-34-32-30-27-18-16-14-12-10-8-6-4-2/h6,8,12,14-15,17-18,20-21,27,32,34,47-48,51-52H,3-5,7,9-11,13,16,19,22-26,28-31,33,35-46H2,1-2H3,(H,55,56)/b8-6-,14-12-,17-15-,21-20-,27-18-,34-32-. The molecule has 3 atom stereocenters. The summed E-state index contributed by atoms with van der Waals surface area (Å²) in [7, 11) is -4.64. The molecule has 0 saturated heterocycles. The summed E-state index contributed by atoms with van der Waals surface area (Å²) < 4.78 is 32.7. The van der Waals surface area contributed by atoms with E-state index in [9.17, 15) is 24.2 Å². The van der Waals surface area contributed by atoms with Crippen molar-refractivity contribution in [1.29, 1.82) is 0 Å². The lowest BCUT2D eigenvalue weighted by Crippen LogP contribution is -2.29. The van der Waals surface area contributed by atoms with Gasteiger partial charge in [0.2, 0.25) is 0 Å². The number of allylic oxidation sites excluding steroid dienone is 12. The molecule has 61 heavy (non-hydrogen) atoms. The van der Waals surface area contributed by atoms with Crippen LogP contribution in [0.3, 0.4) is 0 Å². The van der Waals surface area contributed by atoms with Gasteiger partial charge in [0, 0.05) is 12.8 Å². The van der Waals surface area contributed by atoms with Crippen molar-refractivity contribution in [2.45, 2.75) is 206 Å². The SMILES string of the molecule is CC/C=C\C/C=C\C/C=C\C/C=C\CCCCC(=O)OC(COC(=O)CCCCCCCCCCCCC/C=C\C/C=C\CCCCCCC)COP(=O)(O)OCC(O)CO. The van der Waals surface area contributed by atoms with Crippen LogP contribution in [0.2, 0.25) is 0 Å². The topological polar surface area (TPSA) is 149 Å². The van der Waals surface area contributed by atoms with Gasteiger partial charge in [0.15, 0.2) is 6.10 Å². The Morgan fingerprint density at radius 1 is 0.508 bits per heavy atom. The highest BCUT2D eigenvalue weighted by Gasteiger charge is 2.27. The fraction of sp³-hybridized carbons (Fsp3) is 0.720. The van der Waals surface area contributed by atoms with Crippen molar-refractivity contribution in [3.63, 3.8) is 0 Å². The van der Waals surface area contributed by atoms with Gasteiger partial charge in [0.1, 0.15) is 12.7 Å². The van der Waals surface area contributed by atoms with Gasteiger partial charge in [0.05, 0.1) is 19.8 Å². The third-order valence-electron chi connectivity index (χ3n) is 9.84. The zero-order valence-corrected chi connectivity index (χ0v) is 39.3. The van der Waals surface area contributed by atoms with Crippen molar-refractivity contribution in [2.24, 2.45) is 0 Å². The number of phosphoric acid groups is 1. The monoisotopic (exact) mass is 879 g/mol. The summed E-state index contributed by atoms with van der Waals surface area (Å²) in [4.78, 5) is 35.1. The van der Waals surface area contributed by atoms with E-state index in [1.807, 2.05) is 0 Å². The number of carbonyl (C=O) groups excluding carboxylic acids is 2. The van der Waals surface area contributed by atoms with E-state index in [0.29, 0.717) is 12.8 Å². The van der Waals surface area contributed by atoms with Crippen LogP contribution >= 0.6 is 7.82 Å². The van der Waals surface area contributed by atoms with Gasteiger partial charge in [0.25, 0.3) is 0 Å². The quantitative estimate of drug-likeness (QED) is 0.0234. The first-order valence-corrected chi connectivity index (χ1v) is 25.4. The van der Waals surface area contributed by atoms with Gasteiger partial charge in [-0.1, -0.05) is 170 Å². The van der Waals surface area contributed by atoms with E-state index in [4.69, 9.17) is 23.6 Å². The van der Waals surface area contributed by atoms with Crippen LogP contribution in [0.25, 0.3) is 0 Å². The molecule has 0 heterocycles. The average Bonchev–Trinajstić information content (AvgIpc) is 3.25. The van der Waals surface area contributed by atoms with Gasteiger partial charge in [-0.2, -0.15) is 0 Å². The Morgan fingerprint density at radius 3 is 1.39 bits per heavy atom. The Labute approximate surface area is 371 Å². The highest BCUT2D eigenvalue weighted by atomic mass is 31.2. The number of hydrogen-bond donors (Lipinski definition) is 3. The van der Waals surface area contributed by atoms with Crippen LogP contribution in [0.4, 0.5) is 0 Å². The van der Waals surface area contributed by atoms with Crippen LogP contribution in [0.15, 0.2) is 72.9 Å². The van der Waals surface area contributed by atoms with E-state index < -0.39 is 51.8 Å². The molecule has 0 aromatic rings. The minimum atomic E-state index is -4.64. The molecule has 0 bridgehead atoms. The van der Waals surface area contributed by atoms with Gasteiger partial charge >= 0.3 is 19.8 Å². The summed E-state index contributed by atoms with van der Waals surface area (Å²) >= 11 is 0. The summed E-state index contributed by atoms with van der Waals surface area (Å²) in [5, 5.41) is 18.4. The number of unbranched alkanes of at least 4 members (excludes halogenated alkanes) is 18. The third-order valence-corrected chi connectivity index (χ3v) is 10.8. The maximum atomic E-state index is 12.6. The molecule has 0 amide bonds. The summed E-state index contributed by atoms with van der Waals surface area (Å²) in [6.07, 6.45) is 53.1. The van der Waals surface area contributed by atoms with Crippen molar-refractivity contribution in [3.05, 3.63) is 72.9 Å². The molecular weight excluding hydrogens is 792 g/mol. The maximum Gasteiger partial charge on any atom is 0.472 e. The normalized spacial score (nSPS) is 14.4. The van der Waals surface area contributed by atoms with Gasteiger partial charge < -0.3 is 24.6 Å². The highest BCUT2D eigenvalue weighted by Crippen LogP contribution is 2.43. The number of rotatable bonds is 44. The first-order valence-electron chi connectivity index (χ1n) is 23.9. The van der Waals surface area contributed by atoms with Crippen molar-refractivity contribution < 1.29 is 47.8 Å². The maximum absolute atomic E-state index is 12.6. The highest BCUT2D eigenvalue weighted by molar-refractivity contribution is 7.47. The Morgan fingerprint density at radius 2 is 0.902 bits per heavy atom. The van der Waals surface area contributed by atoms with E-state index in [2.05, 4.69) is 86.8 Å². The summed E-state index contributed by atoms with van der Waals surface area (Å²) in [5.41, 5.74) is 0. The first kappa shape index (κ1) is 58.4. The van der Waals surface area contributed by atoms with Crippen LogP contribution in [-0.2, 0) is 32.7 Å². The smallest absolute Gasteiger partial charge is 0.462 e. The van der Waals surface area contributed by atoms with E-state index in [1.54, 1.807) is 0 Å². The summed E-state index contributed by atoms with van der Waals surface area (Å²) in [5.74, 6) is -0.978. The molecule has 352 valence electrons. The molecule has 0 radical (unpaired) electrons. The van der Waals surface area contributed by atoms with E-state index >= 15 is 0 Å². The van der Waals surface area contributed by atoms with Crippen molar-refractivity contribution in [3.8, 4) is 0 Å².